The highest BCUT2D eigenvalue weighted by molar-refractivity contribution is 8.00. The van der Waals surface area contributed by atoms with Crippen molar-refractivity contribution in [3.8, 4) is 0 Å². The summed E-state index contributed by atoms with van der Waals surface area (Å²) in [5.41, 5.74) is 0. The quantitative estimate of drug-likeness (QED) is 0.477. The molecule has 0 aromatic carbocycles. The molecular formula is C14H29N3OS. The molecule has 0 unspecified atom stereocenters. The highest BCUT2D eigenvalue weighted by Gasteiger charge is 2.28. The van der Waals surface area contributed by atoms with E-state index in [-0.39, 0.29) is 0 Å². The zero-order chi connectivity index (χ0) is 14.3. The molecule has 0 radical (unpaired) electrons. The van der Waals surface area contributed by atoms with Crippen LogP contribution >= 0.6 is 11.8 Å². The van der Waals surface area contributed by atoms with Gasteiger partial charge >= 0.3 is 0 Å². The van der Waals surface area contributed by atoms with E-state index in [2.05, 4.69) is 42.9 Å². The van der Waals surface area contributed by atoms with Crippen molar-refractivity contribution in [2.24, 2.45) is 10.9 Å². The first-order valence-electron chi connectivity index (χ1n) is 7.12. The molecule has 0 aliphatic carbocycles. The number of ether oxygens (including phenoxy) is 1. The molecule has 1 rings (SSSR count). The first kappa shape index (κ1) is 16.6. The summed E-state index contributed by atoms with van der Waals surface area (Å²) in [5, 5.41) is 3.39. The second-order valence-electron chi connectivity index (χ2n) is 5.97. The average molecular weight is 287 g/mol. The number of hydrogen-bond donors (Lipinski definition) is 1. The number of guanidine groups is 1. The van der Waals surface area contributed by atoms with Crippen molar-refractivity contribution >= 4 is 17.7 Å². The summed E-state index contributed by atoms with van der Waals surface area (Å²) in [5.74, 6) is 2.76. The lowest BCUT2D eigenvalue weighted by molar-refractivity contribution is 0.114. The van der Waals surface area contributed by atoms with Crippen LogP contribution in [0.3, 0.4) is 0 Å². The zero-order valence-corrected chi connectivity index (χ0v) is 13.8. The highest BCUT2D eigenvalue weighted by atomic mass is 32.2. The number of nitrogens with one attached hydrogen (secondary N) is 1. The van der Waals surface area contributed by atoms with Gasteiger partial charge in [0, 0.05) is 43.8 Å². The molecular weight excluding hydrogens is 258 g/mol. The lowest BCUT2D eigenvalue weighted by Crippen LogP contribution is -2.51. The molecule has 0 atom stereocenters. The summed E-state index contributed by atoms with van der Waals surface area (Å²) in [6.45, 7) is 13.4. The predicted molar refractivity (Wildman–Crippen MR) is 85.1 cm³/mol. The fourth-order valence-corrected chi connectivity index (χ4v) is 3.19. The van der Waals surface area contributed by atoms with Gasteiger partial charge in [0.15, 0.2) is 5.96 Å². The average Bonchev–Trinajstić information content (AvgIpc) is 2.32. The first-order valence-corrected chi connectivity index (χ1v) is 8.10. The Hall–Kier alpha value is -0.420. The van der Waals surface area contributed by atoms with Crippen molar-refractivity contribution in [2.45, 2.75) is 32.4 Å². The van der Waals surface area contributed by atoms with Crippen LogP contribution in [0.25, 0.3) is 0 Å². The molecule has 112 valence electrons. The molecule has 0 amide bonds. The molecule has 1 heterocycles. The van der Waals surface area contributed by atoms with E-state index in [4.69, 9.17) is 4.74 Å². The largest absolute Gasteiger partial charge is 0.379 e. The Morgan fingerprint density at radius 3 is 2.79 bits per heavy atom. The zero-order valence-electron chi connectivity index (χ0n) is 13.0. The van der Waals surface area contributed by atoms with Crippen LogP contribution in [-0.2, 0) is 4.74 Å². The summed E-state index contributed by atoms with van der Waals surface area (Å²) in [7, 11) is 1.85. The summed E-state index contributed by atoms with van der Waals surface area (Å²) in [6.07, 6.45) is 0. The Kier molecular flexibility index (Phi) is 7.00. The standard InChI is InChI=1S/C14H29N3OS/c1-12(2)10-18-8-6-16-13(15-5)17-7-9-19-14(3,4)11-17/h12H,6-11H2,1-5H3,(H,15,16). The summed E-state index contributed by atoms with van der Waals surface area (Å²) in [6, 6.07) is 0. The van der Waals surface area contributed by atoms with Crippen molar-refractivity contribution < 1.29 is 4.74 Å². The molecule has 1 saturated heterocycles. The van der Waals surface area contributed by atoms with E-state index in [1.807, 2.05) is 18.8 Å². The van der Waals surface area contributed by atoms with Gasteiger partial charge < -0.3 is 15.0 Å². The van der Waals surface area contributed by atoms with E-state index in [9.17, 15) is 0 Å². The van der Waals surface area contributed by atoms with Gasteiger partial charge in [-0.2, -0.15) is 11.8 Å². The van der Waals surface area contributed by atoms with Gasteiger partial charge in [-0.3, -0.25) is 4.99 Å². The van der Waals surface area contributed by atoms with Gasteiger partial charge in [-0.25, -0.2) is 0 Å². The molecule has 19 heavy (non-hydrogen) atoms. The number of rotatable bonds is 5. The van der Waals surface area contributed by atoms with Crippen LogP contribution in [0.4, 0.5) is 0 Å². The van der Waals surface area contributed by atoms with E-state index in [0.717, 1.165) is 44.6 Å². The third-order valence-electron chi connectivity index (χ3n) is 2.92. The maximum atomic E-state index is 5.58. The fraction of sp³-hybridized carbons (Fsp3) is 0.929. The molecule has 0 aromatic rings. The van der Waals surface area contributed by atoms with E-state index in [1.54, 1.807) is 0 Å². The Morgan fingerprint density at radius 1 is 1.47 bits per heavy atom. The van der Waals surface area contributed by atoms with Crippen molar-refractivity contribution in [1.29, 1.82) is 0 Å². The molecule has 0 saturated carbocycles. The van der Waals surface area contributed by atoms with Gasteiger partial charge in [-0.1, -0.05) is 13.8 Å². The smallest absolute Gasteiger partial charge is 0.193 e. The minimum atomic E-state index is 0.310. The lowest BCUT2D eigenvalue weighted by atomic mass is 10.2. The SMILES string of the molecule is CN=C(NCCOCC(C)C)N1CCSC(C)(C)C1. The molecule has 1 fully saturated rings. The van der Waals surface area contributed by atoms with Crippen LogP contribution in [0.15, 0.2) is 4.99 Å². The van der Waals surface area contributed by atoms with Gasteiger partial charge in [0.1, 0.15) is 0 Å². The Balaban J connectivity index is 2.29. The first-order chi connectivity index (χ1) is 8.94. The lowest BCUT2D eigenvalue weighted by Gasteiger charge is -2.39. The van der Waals surface area contributed by atoms with Gasteiger partial charge in [-0.05, 0) is 19.8 Å². The van der Waals surface area contributed by atoms with Crippen molar-refractivity contribution in [1.82, 2.24) is 10.2 Å². The normalized spacial score (nSPS) is 19.9. The van der Waals surface area contributed by atoms with Crippen LogP contribution in [0.1, 0.15) is 27.7 Å². The van der Waals surface area contributed by atoms with Gasteiger partial charge in [0.05, 0.1) is 6.61 Å². The minimum Gasteiger partial charge on any atom is -0.379 e. The summed E-state index contributed by atoms with van der Waals surface area (Å²) < 4.78 is 5.89. The third kappa shape index (κ3) is 6.52. The van der Waals surface area contributed by atoms with E-state index in [0.29, 0.717) is 10.7 Å². The van der Waals surface area contributed by atoms with Crippen molar-refractivity contribution in [3.63, 3.8) is 0 Å². The maximum absolute atomic E-state index is 5.58. The number of nitrogens with zero attached hydrogens (tertiary/aromatic N) is 2. The van der Waals surface area contributed by atoms with Crippen LogP contribution in [0.5, 0.6) is 0 Å². The minimum absolute atomic E-state index is 0.310. The van der Waals surface area contributed by atoms with Gasteiger partial charge in [-0.15, -0.1) is 0 Å². The molecule has 0 spiro atoms. The van der Waals surface area contributed by atoms with Gasteiger partial charge in [0.25, 0.3) is 0 Å². The topological polar surface area (TPSA) is 36.9 Å². The van der Waals surface area contributed by atoms with Crippen LogP contribution < -0.4 is 5.32 Å². The predicted octanol–water partition coefficient (Wildman–Crippen LogP) is 2.06. The van der Waals surface area contributed by atoms with Crippen molar-refractivity contribution in [2.75, 3.05) is 45.6 Å². The van der Waals surface area contributed by atoms with E-state index >= 15 is 0 Å². The third-order valence-corrected chi connectivity index (χ3v) is 4.21. The maximum Gasteiger partial charge on any atom is 0.193 e. The molecule has 5 heteroatoms. The second kappa shape index (κ2) is 8.00. The number of hydrogen-bond acceptors (Lipinski definition) is 3. The fourth-order valence-electron chi connectivity index (χ4n) is 2.08. The van der Waals surface area contributed by atoms with E-state index in [1.165, 1.54) is 0 Å². The van der Waals surface area contributed by atoms with Crippen LogP contribution in [-0.4, -0.2) is 61.3 Å². The van der Waals surface area contributed by atoms with Gasteiger partial charge in [0.2, 0.25) is 0 Å². The molecule has 1 aliphatic rings. The van der Waals surface area contributed by atoms with Crippen LogP contribution in [0, 0.1) is 5.92 Å². The molecule has 1 N–H and O–H groups in total. The molecule has 0 bridgehead atoms. The van der Waals surface area contributed by atoms with Crippen LogP contribution in [0.2, 0.25) is 0 Å². The number of thioether (sulfide) groups is 1. The second-order valence-corrected chi connectivity index (χ2v) is 7.77. The summed E-state index contributed by atoms with van der Waals surface area (Å²) in [4.78, 5) is 6.72. The van der Waals surface area contributed by atoms with E-state index < -0.39 is 0 Å². The Morgan fingerprint density at radius 2 is 2.21 bits per heavy atom. The Bertz CT molecular complexity index is 292. The monoisotopic (exact) mass is 287 g/mol. The van der Waals surface area contributed by atoms with Crippen molar-refractivity contribution in [3.05, 3.63) is 0 Å². The number of aliphatic imine (C=N–C) groups is 1. The molecule has 4 nitrogen and oxygen atoms in total. The molecule has 0 aromatic heterocycles. The Labute approximate surface area is 122 Å². The molecule has 1 aliphatic heterocycles. The highest BCUT2D eigenvalue weighted by Crippen LogP contribution is 2.29. The summed E-state index contributed by atoms with van der Waals surface area (Å²) >= 11 is 2.04.